The Morgan fingerprint density at radius 3 is 2.14 bits per heavy atom. The SMILES string of the molecule is O=C1C(=Cc2cccc(Cl)c2)N=C(c2ccccc2)N1n1c(-c2ccccc2)nc2ccccc2c1=O. The van der Waals surface area contributed by atoms with Gasteiger partial charge < -0.3 is 0 Å². The molecule has 0 saturated heterocycles. The molecule has 1 amide bonds. The molecule has 5 aromatic rings. The lowest BCUT2D eigenvalue weighted by Crippen LogP contribution is -2.49. The second kappa shape index (κ2) is 9.33. The van der Waals surface area contributed by atoms with Gasteiger partial charge in [0, 0.05) is 16.1 Å². The molecule has 0 aliphatic carbocycles. The number of carbonyl (C=O) groups excluding carboxylic acids is 1. The molecule has 4 aromatic carbocycles. The van der Waals surface area contributed by atoms with Gasteiger partial charge >= 0.3 is 0 Å². The minimum absolute atomic E-state index is 0.181. The molecular formula is C30H19ClN4O2. The van der Waals surface area contributed by atoms with E-state index in [1.54, 1.807) is 42.5 Å². The molecule has 0 fully saturated rings. The number of hydrogen-bond donors (Lipinski definition) is 0. The minimum atomic E-state index is -0.449. The topological polar surface area (TPSA) is 67.6 Å². The van der Waals surface area contributed by atoms with E-state index in [1.807, 2.05) is 72.8 Å². The molecule has 6 rings (SSSR count). The third-order valence-corrected chi connectivity index (χ3v) is 6.24. The number of para-hydroxylation sites is 1. The highest BCUT2D eigenvalue weighted by molar-refractivity contribution is 6.31. The van der Waals surface area contributed by atoms with E-state index in [1.165, 1.54) is 9.69 Å². The van der Waals surface area contributed by atoms with E-state index in [2.05, 4.69) is 0 Å². The van der Waals surface area contributed by atoms with Crippen LogP contribution < -0.4 is 10.6 Å². The van der Waals surface area contributed by atoms with E-state index in [-0.39, 0.29) is 11.3 Å². The molecule has 0 bridgehead atoms. The van der Waals surface area contributed by atoms with Crippen molar-refractivity contribution in [1.82, 2.24) is 9.66 Å². The van der Waals surface area contributed by atoms with Crippen molar-refractivity contribution in [3.05, 3.63) is 141 Å². The number of carbonyl (C=O) groups is 1. The maximum absolute atomic E-state index is 14.0. The number of amidine groups is 1. The van der Waals surface area contributed by atoms with Crippen LogP contribution in [0.15, 0.2) is 125 Å². The van der Waals surface area contributed by atoms with Crippen LogP contribution in [0.25, 0.3) is 28.4 Å². The Hall–Kier alpha value is -4.81. The Morgan fingerprint density at radius 1 is 0.730 bits per heavy atom. The summed E-state index contributed by atoms with van der Waals surface area (Å²) in [5.41, 5.74) is 2.45. The number of halogens is 1. The number of aliphatic imine (C=N–C) groups is 1. The zero-order valence-corrected chi connectivity index (χ0v) is 20.2. The Bertz CT molecular complexity index is 1780. The fourth-order valence-electron chi connectivity index (χ4n) is 4.31. The van der Waals surface area contributed by atoms with Gasteiger partial charge in [0.1, 0.15) is 5.70 Å². The molecule has 1 aliphatic heterocycles. The smallest absolute Gasteiger partial charge is 0.267 e. The Labute approximate surface area is 217 Å². The van der Waals surface area contributed by atoms with Gasteiger partial charge in [0.2, 0.25) is 0 Å². The monoisotopic (exact) mass is 502 g/mol. The van der Waals surface area contributed by atoms with E-state index in [4.69, 9.17) is 21.6 Å². The molecule has 6 nitrogen and oxygen atoms in total. The van der Waals surface area contributed by atoms with Crippen LogP contribution in [0.4, 0.5) is 0 Å². The number of fused-ring (bicyclic) bond motifs is 1. The quantitative estimate of drug-likeness (QED) is 0.297. The zero-order valence-electron chi connectivity index (χ0n) is 19.5. The van der Waals surface area contributed by atoms with Gasteiger partial charge in [0.05, 0.1) is 10.9 Å². The predicted molar refractivity (Wildman–Crippen MR) is 147 cm³/mol. The molecule has 0 saturated carbocycles. The van der Waals surface area contributed by atoms with Gasteiger partial charge in [-0.2, -0.15) is 9.69 Å². The van der Waals surface area contributed by atoms with E-state index in [0.717, 1.165) is 5.56 Å². The Balaban J connectivity index is 1.63. The molecule has 0 unspecified atom stereocenters. The Kier molecular flexibility index (Phi) is 5.71. The van der Waals surface area contributed by atoms with E-state index in [9.17, 15) is 9.59 Å². The first-order valence-electron chi connectivity index (χ1n) is 11.6. The third kappa shape index (κ3) is 4.13. The van der Waals surface area contributed by atoms with Gasteiger partial charge in [-0.05, 0) is 35.9 Å². The predicted octanol–water partition coefficient (Wildman–Crippen LogP) is 5.68. The molecule has 7 heteroatoms. The molecule has 37 heavy (non-hydrogen) atoms. The highest BCUT2D eigenvalue weighted by atomic mass is 35.5. The summed E-state index contributed by atoms with van der Waals surface area (Å²) in [6.07, 6.45) is 1.67. The van der Waals surface area contributed by atoms with Crippen LogP contribution >= 0.6 is 11.6 Å². The van der Waals surface area contributed by atoms with Crippen LogP contribution in [-0.4, -0.2) is 21.4 Å². The maximum atomic E-state index is 14.0. The van der Waals surface area contributed by atoms with Crippen molar-refractivity contribution in [1.29, 1.82) is 0 Å². The minimum Gasteiger partial charge on any atom is -0.267 e. The van der Waals surface area contributed by atoms with E-state index < -0.39 is 5.91 Å². The number of rotatable bonds is 4. The maximum Gasteiger partial charge on any atom is 0.297 e. The summed E-state index contributed by atoms with van der Waals surface area (Å²) in [4.78, 5) is 37.5. The van der Waals surface area contributed by atoms with Crippen LogP contribution in [0.1, 0.15) is 11.1 Å². The van der Waals surface area contributed by atoms with Crippen molar-refractivity contribution in [3.8, 4) is 11.4 Å². The average Bonchev–Trinajstić information content (AvgIpc) is 3.25. The number of amides is 1. The summed E-state index contributed by atoms with van der Waals surface area (Å²) < 4.78 is 1.32. The van der Waals surface area contributed by atoms with Crippen molar-refractivity contribution < 1.29 is 4.79 Å². The van der Waals surface area contributed by atoms with Gasteiger partial charge in [0.25, 0.3) is 11.5 Å². The first-order chi connectivity index (χ1) is 18.1. The number of aromatic nitrogens is 2. The fraction of sp³-hybridized carbons (Fsp3) is 0. The standard InChI is InChI=1S/C30H19ClN4O2/c31-23-15-9-10-20(18-23)19-26-30(37)35(28(33-26)22-13-5-2-6-14-22)34-27(21-11-3-1-4-12-21)32-25-17-8-7-16-24(25)29(34)36/h1-19H. The third-order valence-electron chi connectivity index (χ3n) is 6.01. The van der Waals surface area contributed by atoms with Crippen molar-refractivity contribution in [3.63, 3.8) is 0 Å². The van der Waals surface area contributed by atoms with E-state index >= 15 is 0 Å². The number of benzene rings is 4. The summed E-state index contributed by atoms with van der Waals surface area (Å²) in [7, 11) is 0. The zero-order chi connectivity index (χ0) is 25.4. The van der Waals surface area contributed by atoms with Crippen LogP contribution in [0.3, 0.4) is 0 Å². The lowest BCUT2D eigenvalue weighted by molar-refractivity contribution is -0.115. The fourth-order valence-corrected chi connectivity index (χ4v) is 4.50. The highest BCUT2D eigenvalue weighted by Crippen LogP contribution is 2.26. The van der Waals surface area contributed by atoms with Crippen molar-refractivity contribution in [2.24, 2.45) is 4.99 Å². The summed E-state index contributed by atoms with van der Waals surface area (Å²) >= 11 is 6.17. The molecule has 1 aromatic heterocycles. The van der Waals surface area contributed by atoms with Gasteiger partial charge in [-0.15, -0.1) is 0 Å². The van der Waals surface area contributed by atoms with Crippen molar-refractivity contribution in [2.45, 2.75) is 0 Å². The molecule has 1 aliphatic rings. The average molecular weight is 503 g/mol. The van der Waals surface area contributed by atoms with E-state index in [0.29, 0.717) is 38.7 Å². The largest absolute Gasteiger partial charge is 0.297 e. The van der Waals surface area contributed by atoms with Crippen LogP contribution in [0, 0.1) is 0 Å². The highest BCUT2D eigenvalue weighted by Gasteiger charge is 2.35. The number of nitrogens with zero attached hydrogens (tertiary/aromatic N) is 4. The van der Waals surface area contributed by atoms with Gasteiger partial charge in [-0.1, -0.05) is 96.5 Å². The van der Waals surface area contributed by atoms with Crippen LogP contribution in [0.5, 0.6) is 0 Å². The van der Waals surface area contributed by atoms with Gasteiger partial charge in [-0.25, -0.2) is 9.98 Å². The Morgan fingerprint density at radius 2 is 1.41 bits per heavy atom. The second-order valence-electron chi connectivity index (χ2n) is 8.44. The lowest BCUT2D eigenvalue weighted by Gasteiger charge is -2.23. The van der Waals surface area contributed by atoms with Gasteiger partial charge in [-0.3, -0.25) is 9.59 Å². The van der Waals surface area contributed by atoms with Crippen molar-refractivity contribution >= 4 is 40.3 Å². The summed E-state index contributed by atoms with van der Waals surface area (Å²) in [5.74, 6) is 0.218. The van der Waals surface area contributed by atoms with Crippen LogP contribution in [0.2, 0.25) is 5.02 Å². The summed E-state index contributed by atoms with van der Waals surface area (Å²) in [6.45, 7) is 0. The second-order valence-corrected chi connectivity index (χ2v) is 8.87. The summed E-state index contributed by atoms with van der Waals surface area (Å²) in [6, 6.07) is 32.9. The molecular weight excluding hydrogens is 484 g/mol. The normalized spacial score (nSPS) is 14.4. The van der Waals surface area contributed by atoms with Gasteiger partial charge in [0.15, 0.2) is 11.7 Å². The molecule has 0 radical (unpaired) electrons. The van der Waals surface area contributed by atoms with Crippen LogP contribution in [-0.2, 0) is 4.79 Å². The first-order valence-corrected chi connectivity index (χ1v) is 12.0. The molecule has 2 heterocycles. The first kappa shape index (κ1) is 22.6. The molecule has 0 atom stereocenters. The molecule has 178 valence electrons. The van der Waals surface area contributed by atoms with Crippen molar-refractivity contribution in [2.75, 3.05) is 5.01 Å². The molecule has 0 spiro atoms. The molecule has 0 N–H and O–H groups in total. The lowest BCUT2D eigenvalue weighted by atomic mass is 10.1. The summed E-state index contributed by atoms with van der Waals surface area (Å²) in [5, 5.41) is 2.26. The number of hydrogen-bond acceptors (Lipinski definition) is 4.